The van der Waals surface area contributed by atoms with Crippen LogP contribution >= 0.6 is 0 Å². The average Bonchev–Trinajstić information content (AvgIpc) is 2.73. The third-order valence-electron chi connectivity index (χ3n) is 4.39. The number of para-hydroxylation sites is 1. The van der Waals surface area contributed by atoms with Crippen molar-refractivity contribution in [3.63, 3.8) is 0 Å². The summed E-state index contributed by atoms with van der Waals surface area (Å²) in [6, 6.07) is 14.1. The summed E-state index contributed by atoms with van der Waals surface area (Å²) in [6.45, 7) is -0.00874. The Balaban J connectivity index is 1.79. The molecule has 1 heterocycles. The van der Waals surface area contributed by atoms with Crippen LogP contribution in [0.5, 0.6) is 0 Å². The second-order valence-corrected chi connectivity index (χ2v) is 6.65. The number of amides is 1. The summed E-state index contributed by atoms with van der Waals surface area (Å²) in [5.74, 6) is -1.47. The number of anilines is 1. The number of carbonyl (C=O) groups excluding carboxylic acids is 1. The Morgan fingerprint density at radius 3 is 2.30 bits per heavy atom. The minimum Gasteiger partial charge on any atom is -0.358 e. The second-order valence-electron chi connectivity index (χ2n) is 6.65. The number of hydrogen-bond acceptors (Lipinski definition) is 3. The zero-order valence-electron chi connectivity index (χ0n) is 15.8. The Kier molecular flexibility index (Phi) is 6.66. The predicted molar refractivity (Wildman–Crippen MR) is 105 cm³/mol. The summed E-state index contributed by atoms with van der Waals surface area (Å²) in [4.78, 5) is 18.3. The SMILES string of the molecule is O=C(CN(Cc1cccnc1)c1ccccc1)NC(c1ccc(F)cc1)C(F)(F)F. The van der Waals surface area contributed by atoms with Gasteiger partial charge in [0.25, 0.3) is 0 Å². The lowest BCUT2D eigenvalue weighted by Gasteiger charge is -2.27. The number of carbonyl (C=O) groups is 1. The van der Waals surface area contributed by atoms with Gasteiger partial charge in [-0.2, -0.15) is 13.2 Å². The number of nitrogens with one attached hydrogen (secondary N) is 1. The van der Waals surface area contributed by atoms with Crippen LogP contribution < -0.4 is 10.2 Å². The minimum atomic E-state index is -4.73. The molecule has 3 rings (SSSR count). The molecule has 1 atom stereocenters. The maximum atomic E-state index is 13.5. The lowest BCUT2D eigenvalue weighted by molar-refractivity contribution is -0.163. The first-order valence-electron chi connectivity index (χ1n) is 9.13. The van der Waals surface area contributed by atoms with E-state index in [0.29, 0.717) is 12.2 Å². The maximum absolute atomic E-state index is 13.5. The summed E-state index contributed by atoms with van der Waals surface area (Å²) in [6.07, 6.45) is -1.49. The number of rotatable bonds is 7. The van der Waals surface area contributed by atoms with Gasteiger partial charge in [0.2, 0.25) is 5.91 Å². The standard InChI is InChI=1S/C22H19F4N3O/c23-18-10-8-17(9-11-18)21(22(24,25)26)28-20(30)15-29(19-6-2-1-3-7-19)14-16-5-4-12-27-13-16/h1-13,21H,14-15H2,(H,28,30). The monoisotopic (exact) mass is 417 g/mol. The van der Waals surface area contributed by atoms with Crippen LogP contribution in [-0.2, 0) is 11.3 Å². The van der Waals surface area contributed by atoms with Gasteiger partial charge in [-0.25, -0.2) is 4.39 Å². The van der Waals surface area contributed by atoms with Crippen molar-refractivity contribution in [1.82, 2.24) is 10.3 Å². The highest BCUT2D eigenvalue weighted by Crippen LogP contribution is 2.32. The lowest BCUT2D eigenvalue weighted by Crippen LogP contribution is -2.43. The number of benzene rings is 2. The quantitative estimate of drug-likeness (QED) is 0.570. The van der Waals surface area contributed by atoms with Crippen molar-refractivity contribution in [3.8, 4) is 0 Å². The molecule has 0 saturated heterocycles. The molecule has 0 aliphatic rings. The molecular formula is C22H19F4N3O. The van der Waals surface area contributed by atoms with E-state index in [9.17, 15) is 22.4 Å². The summed E-state index contributed by atoms with van der Waals surface area (Å²) in [5, 5.41) is 2.04. The van der Waals surface area contributed by atoms with Gasteiger partial charge in [-0.1, -0.05) is 36.4 Å². The normalized spacial score (nSPS) is 12.3. The number of hydrogen-bond donors (Lipinski definition) is 1. The third-order valence-corrected chi connectivity index (χ3v) is 4.39. The van der Waals surface area contributed by atoms with E-state index >= 15 is 0 Å². The smallest absolute Gasteiger partial charge is 0.358 e. The molecule has 8 heteroatoms. The van der Waals surface area contributed by atoms with Crippen LogP contribution in [0.4, 0.5) is 23.2 Å². The van der Waals surface area contributed by atoms with Crippen molar-refractivity contribution < 1.29 is 22.4 Å². The second kappa shape index (κ2) is 9.39. The molecule has 30 heavy (non-hydrogen) atoms. The van der Waals surface area contributed by atoms with Crippen molar-refractivity contribution >= 4 is 11.6 Å². The molecule has 1 amide bonds. The fourth-order valence-electron chi connectivity index (χ4n) is 2.98. The number of halogens is 4. The molecule has 0 aliphatic carbocycles. The molecule has 1 aromatic heterocycles. The van der Waals surface area contributed by atoms with E-state index in [1.54, 1.807) is 53.7 Å². The van der Waals surface area contributed by atoms with E-state index in [1.165, 1.54) is 0 Å². The van der Waals surface area contributed by atoms with Crippen LogP contribution in [0.25, 0.3) is 0 Å². The minimum absolute atomic E-state index is 0.240. The molecule has 156 valence electrons. The molecule has 0 radical (unpaired) electrons. The summed E-state index contributed by atoms with van der Waals surface area (Å²) < 4.78 is 53.7. The van der Waals surface area contributed by atoms with E-state index in [4.69, 9.17) is 0 Å². The summed E-state index contributed by atoms with van der Waals surface area (Å²) >= 11 is 0. The first-order valence-corrected chi connectivity index (χ1v) is 9.13. The largest absolute Gasteiger partial charge is 0.412 e. The molecule has 0 bridgehead atoms. The van der Waals surface area contributed by atoms with Crippen molar-refractivity contribution in [2.45, 2.75) is 18.8 Å². The molecule has 0 saturated carbocycles. The van der Waals surface area contributed by atoms with E-state index in [0.717, 1.165) is 29.8 Å². The maximum Gasteiger partial charge on any atom is 0.412 e. The molecule has 1 unspecified atom stereocenters. The Morgan fingerprint density at radius 1 is 1.00 bits per heavy atom. The number of nitrogens with zero attached hydrogens (tertiary/aromatic N) is 2. The molecule has 0 spiro atoms. The zero-order chi connectivity index (χ0) is 21.6. The molecule has 1 N–H and O–H groups in total. The Morgan fingerprint density at radius 2 is 1.70 bits per heavy atom. The first kappa shape index (κ1) is 21.3. The topological polar surface area (TPSA) is 45.2 Å². The van der Waals surface area contributed by atoms with Gasteiger partial charge in [0.05, 0.1) is 6.54 Å². The first-order chi connectivity index (χ1) is 14.3. The van der Waals surface area contributed by atoms with Gasteiger partial charge in [0.1, 0.15) is 5.82 Å². The third kappa shape index (κ3) is 5.79. The number of alkyl halides is 3. The van der Waals surface area contributed by atoms with Gasteiger partial charge in [0.15, 0.2) is 6.04 Å². The van der Waals surface area contributed by atoms with Crippen molar-refractivity contribution in [2.75, 3.05) is 11.4 Å². The van der Waals surface area contributed by atoms with E-state index in [-0.39, 0.29) is 12.1 Å². The van der Waals surface area contributed by atoms with Gasteiger partial charge in [0, 0.05) is 24.6 Å². The highest BCUT2D eigenvalue weighted by molar-refractivity contribution is 5.81. The predicted octanol–water partition coefficient (Wildman–Crippen LogP) is 4.65. The average molecular weight is 417 g/mol. The Hall–Kier alpha value is -3.42. The van der Waals surface area contributed by atoms with Gasteiger partial charge in [-0.3, -0.25) is 9.78 Å². The molecule has 3 aromatic rings. The number of pyridine rings is 1. The molecular weight excluding hydrogens is 398 g/mol. The lowest BCUT2D eigenvalue weighted by atomic mass is 10.1. The van der Waals surface area contributed by atoms with Gasteiger partial charge < -0.3 is 10.2 Å². The molecule has 2 aromatic carbocycles. The van der Waals surface area contributed by atoms with Crippen LogP contribution in [0, 0.1) is 5.82 Å². The zero-order valence-corrected chi connectivity index (χ0v) is 15.8. The summed E-state index contributed by atoms with van der Waals surface area (Å²) in [5.41, 5.74) is 1.25. The molecule has 0 aliphatic heterocycles. The fraction of sp³-hybridized carbons (Fsp3) is 0.182. The van der Waals surface area contributed by atoms with Gasteiger partial charge in [-0.15, -0.1) is 0 Å². The van der Waals surface area contributed by atoms with Crippen molar-refractivity contribution in [3.05, 3.63) is 96.1 Å². The van der Waals surface area contributed by atoms with E-state index in [1.807, 2.05) is 11.4 Å². The highest BCUT2D eigenvalue weighted by atomic mass is 19.4. The van der Waals surface area contributed by atoms with Crippen LogP contribution in [0.1, 0.15) is 17.2 Å². The Bertz CT molecular complexity index is 948. The highest BCUT2D eigenvalue weighted by Gasteiger charge is 2.42. The van der Waals surface area contributed by atoms with E-state index < -0.39 is 23.9 Å². The van der Waals surface area contributed by atoms with Crippen LogP contribution in [-0.4, -0.2) is 23.6 Å². The van der Waals surface area contributed by atoms with Crippen LogP contribution in [0.2, 0.25) is 0 Å². The van der Waals surface area contributed by atoms with Crippen LogP contribution in [0.3, 0.4) is 0 Å². The molecule has 4 nitrogen and oxygen atoms in total. The number of aromatic nitrogens is 1. The van der Waals surface area contributed by atoms with Crippen LogP contribution in [0.15, 0.2) is 79.1 Å². The molecule has 0 fully saturated rings. The van der Waals surface area contributed by atoms with E-state index in [2.05, 4.69) is 4.98 Å². The summed E-state index contributed by atoms with van der Waals surface area (Å²) in [7, 11) is 0. The van der Waals surface area contributed by atoms with Gasteiger partial charge in [-0.05, 0) is 41.5 Å². The van der Waals surface area contributed by atoms with Gasteiger partial charge >= 0.3 is 6.18 Å². The van der Waals surface area contributed by atoms with Crippen molar-refractivity contribution in [2.24, 2.45) is 0 Å². The fourth-order valence-corrected chi connectivity index (χ4v) is 2.98. The van der Waals surface area contributed by atoms with Crippen molar-refractivity contribution in [1.29, 1.82) is 0 Å². The Labute approximate surface area is 171 Å².